The Hall–Kier alpha value is -1.57. The molecule has 6 nitrogen and oxygen atoms in total. The van der Waals surface area contributed by atoms with Gasteiger partial charge in [0.1, 0.15) is 16.5 Å². The first-order chi connectivity index (χ1) is 8.57. The Morgan fingerprint density at radius 1 is 1.11 bits per heavy atom. The highest BCUT2D eigenvalue weighted by Crippen LogP contribution is 2.21. The molecule has 0 aliphatic carbocycles. The molecule has 0 saturated carbocycles. The Kier molecular flexibility index (Phi) is 4.24. The highest BCUT2D eigenvalue weighted by molar-refractivity contribution is 7.94. The van der Waals surface area contributed by atoms with Crippen LogP contribution in [0.3, 0.4) is 0 Å². The summed E-state index contributed by atoms with van der Waals surface area (Å²) in [5.41, 5.74) is -0.389. The molecule has 2 N–H and O–H groups in total. The molecule has 0 aliphatic rings. The molecule has 0 heterocycles. The Morgan fingerprint density at radius 2 is 1.58 bits per heavy atom. The predicted molar refractivity (Wildman–Crippen MR) is 61.1 cm³/mol. The summed E-state index contributed by atoms with van der Waals surface area (Å²) in [6.07, 6.45) is 0. The minimum absolute atomic E-state index is 0.389. The monoisotopic (exact) mass is 310 g/mol. The van der Waals surface area contributed by atoms with E-state index in [1.165, 1.54) is 6.07 Å². The second-order valence-corrected chi connectivity index (χ2v) is 7.35. The summed E-state index contributed by atoms with van der Waals surface area (Å²) < 4.78 is 71.5. The standard InChI is InChI=1S/C9H8F2N2O4S2/c10-7-3-6(5-12)4-8(11)9(7)18(14,15)1-2-19(13,16)17/h3-4H,1-2H2,(H2,13,16,17). The summed E-state index contributed by atoms with van der Waals surface area (Å²) in [4.78, 5) is -1.27. The van der Waals surface area contributed by atoms with E-state index in [2.05, 4.69) is 5.14 Å². The van der Waals surface area contributed by atoms with E-state index in [0.717, 1.165) is 0 Å². The summed E-state index contributed by atoms with van der Waals surface area (Å²) in [6.45, 7) is 0. The van der Waals surface area contributed by atoms with Gasteiger partial charge >= 0.3 is 0 Å². The average molecular weight is 310 g/mol. The molecule has 1 aromatic rings. The third-order valence-electron chi connectivity index (χ3n) is 2.07. The van der Waals surface area contributed by atoms with Crippen molar-refractivity contribution in [2.24, 2.45) is 5.14 Å². The van der Waals surface area contributed by atoms with Gasteiger partial charge in [0.05, 0.1) is 23.1 Å². The Balaban J connectivity index is 3.27. The maximum atomic E-state index is 13.5. The fraction of sp³-hybridized carbons (Fsp3) is 0.222. The number of sulfone groups is 1. The molecule has 19 heavy (non-hydrogen) atoms. The molecule has 0 atom stereocenters. The van der Waals surface area contributed by atoms with E-state index in [0.29, 0.717) is 12.1 Å². The smallest absolute Gasteiger partial charge is 0.210 e. The van der Waals surface area contributed by atoms with E-state index in [-0.39, 0.29) is 5.56 Å². The highest BCUT2D eigenvalue weighted by atomic mass is 32.2. The van der Waals surface area contributed by atoms with E-state index in [1.54, 1.807) is 0 Å². The van der Waals surface area contributed by atoms with Gasteiger partial charge in [0.25, 0.3) is 0 Å². The van der Waals surface area contributed by atoms with Crippen LogP contribution >= 0.6 is 0 Å². The maximum absolute atomic E-state index is 13.5. The van der Waals surface area contributed by atoms with Crippen molar-refractivity contribution in [1.82, 2.24) is 0 Å². The normalized spacial score (nSPS) is 12.1. The molecule has 1 rings (SSSR count). The van der Waals surface area contributed by atoms with Crippen LogP contribution in [0.15, 0.2) is 17.0 Å². The number of nitrogens with two attached hydrogens (primary N) is 1. The van der Waals surface area contributed by atoms with Gasteiger partial charge in [-0.05, 0) is 12.1 Å². The van der Waals surface area contributed by atoms with Crippen molar-refractivity contribution in [2.75, 3.05) is 11.5 Å². The first-order valence-corrected chi connectivity index (χ1v) is 8.06. The van der Waals surface area contributed by atoms with Gasteiger partial charge in [0.15, 0.2) is 9.84 Å². The molecule has 10 heteroatoms. The quantitative estimate of drug-likeness (QED) is 0.833. The third-order valence-corrected chi connectivity index (χ3v) is 4.86. The van der Waals surface area contributed by atoms with Crippen LogP contribution in [-0.2, 0) is 19.9 Å². The van der Waals surface area contributed by atoms with Crippen molar-refractivity contribution >= 4 is 19.9 Å². The van der Waals surface area contributed by atoms with Crippen molar-refractivity contribution in [3.05, 3.63) is 29.3 Å². The number of benzene rings is 1. The molecule has 104 valence electrons. The zero-order valence-electron chi connectivity index (χ0n) is 9.30. The van der Waals surface area contributed by atoms with E-state index >= 15 is 0 Å². The number of rotatable bonds is 4. The zero-order chi connectivity index (χ0) is 14.8. The van der Waals surface area contributed by atoms with Crippen molar-refractivity contribution in [3.8, 4) is 6.07 Å². The van der Waals surface area contributed by atoms with Crippen molar-refractivity contribution in [1.29, 1.82) is 5.26 Å². The van der Waals surface area contributed by atoms with Crippen LogP contribution in [0.25, 0.3) is 0 Å². The second kappa shape index (κ2) is 5.20. The van der Waals surface area contributed by atoms with Gasteiger partial charge in [-0.2, -0.15) is 5.26 Å². The summed E-state index contributed by atoms with van der Waals surface area (Å²) in [7, 11) is -8.58. The van der Waals surface area contributed by atoms with Crippen molar-refractivity contribution in [3.63, 3.8) is 0 Å². The van der Waals surface area contributed by atoms with Crippen LogP contribution < -0.4 is 5.14 Å². The molecule has 0 bridgehead atoms. The van der Waals surface area contributed by atoms with Crippen LogP contribution in [0.4, 0.5) is 8.78 Å². The largest absolute Gasteiger partial charge is 0.229 e. The summed E-state index contributed by atoms with van der Waals surface area (Å²) >= 11 is 0. The minimum atomic E-state index is -4.50. The molecule has 0 unspecified atom stereocenters. The lowest BCUT2D eigenvalue weighted by atomic mass is 10.2. The fourth-order valence-electron chi connectivity index (χ4n) is 1.25. The fourth-order valence-corrected chi connectivity index (χ4v) is 3.97. The van der Waals surface area contributed by atoms with Gasteiger partial charge in [0.2, 0.25) is 10.0 Å². The lowest BCUT2D eigenvalue weighted by Crippen LogP contribution is -2.24. The van der Waals surface area contributed by atoms with Gasteiger partial charge < -0.3 is 0 Å². The van der Waals surface area contributed by atoms with Gasteiger partial charge in [-0.1, -0.05) is 0 Å². The van der Waals surface area contributed by atoms with E-state index in [4.69, 9.17) is 5.26 Å². The number of hydrogen-bond acceptors (Lipinski definition) is 5. The maximum Gasteiger partial charge on any atom is 0.210 e. The number of sulfonamides is 1. The summed E-state index contributed by atoms with van der Waals surface area (Å²) in [5.74, 6) is -4.92. The SMILES string of the molecule is N#Cc1cc(F)c(S(=O)(=O)CCS(N)(=O)=O)c(F)c1. The summed E-state index contributed by atoms with van der Waals surface area (Å²) in [5, 5.41) is 13.1. The number of nitriles is 1. The first-order valence-electron chi connectivity index (χ1n) is 4.69. The molecule has 0 amide bonds. The van der Waals surface area contributed by atoms with Crippen LogP contribution in [0, 0.1) is 23.0 Å². The number of hydrogen-bond donors (Lipinski definition) is 1. The Morgan fingerprint density at radius 3 is 1.95 bits per heavy atom. The van der Waals surface area contributed by atoms with Crippen LogP contribution in [-0.4, -0.2) is 28.3 Å². The van der Waals surface area contributed by atoms with Crippen LogP contribution in [0.2, 0.25) is 0 Å². The molecule has 1 aromatic carbocycles. The third kappa shape index (κ3) is 3.95. The van der Waals surface area contributed by atoms with Crippen molar-refractivity contribution in [2.45, 2.75) is 4.90 Å². The first kappa shape index (κ1) is 15.5. The topological polar surface area (TPSA) is 118 Å². The Labute approximate surface area is 108 Å². The minimum Gasteiger partial charge on any atom is -0.229 e. The second-order valence-electron chi connectivity index (χ2n) is 3.57. The molecule has 0 spiro atoms. The predicted octanol–water partition coefficient (Wildman–Crippen LogP) is -0.101. The lowest BCUT2D eigenvalue weighted by Gasteiger charge is -2.06. The molecule has 0 aliphatic heterocycles. The van der Waals surface area contributed by atoms with Gasteiger partial charge in [-0.25, -0.2) is 30.8 Å². The molecule has 0 fully saturated rings. The average Bonchev–Trinajstić information content (AvgIpc) is 2.24. The van der Waals surface area contributed by atoms with E-state index < -0.39 is 47.9 Å². The van der Waals surface area contributed by atoms with Gasteiger partial charge in [0, 0.05) is 0 Å². The number of nitrogens with zero attached hydrogens (tertiary/aromatic N) is 1. The highest BCUT2D eigenvalue weighted by Gasteiger charge is 2.26. The number of primary sulfonamides is 1. The molecular formula is C9H8F2N2O4S2. The van der Waals surface area contributed by atoms with Crippen LogP contribution in [0.5, 0.6) is 0 Å². The van der Waals surface area contributed by atoms with Gasteiger partial charge in [-0.15, -0.1) is 0 Å². The van der Waals surface area contributed by atoms with E-state index in [1.807, 2.05) is 0 Å². The zero-order valence-corrected chi connectivity index (χ0v) is 10.9. The molecule has 0 aromatic heterocycles. The lowest BCUT2D eigenvalue weighted by molar-refractivity contribution is 0.518. The molecule has 0 radical (unpaired) electrons. The summed E-state index contributed by atoms with van der Waals surface area (Å²) in [6, 6.07) is 2.55. The molecular weight excluding hydrogens is 302 g/mol. The van der Waals surface area contributed by atoms with Gasteiger partial charge in [-0.3, -0.25) is 0 Å². The van der Waals surface area contributed by atoms with E-state index in [9.17, 15) is 25.6 Å². The van der Waals surface area contributed by atoms with Crippen LogP contribution in [0.1, 0.15) is 5.56 Å². The van der Waals surface area contributed by atoms with Crippen molar-refractivity contribution < 1.29 is 25.6 Å². The Bertz CT molecular complexity index is 728. The molecule has 0 saturated heterocycles. The number of halogens is 2.